The van der Waals surface area contributed by atoms with Crippen molar-refractivity contribution >= 4 is 23.4 Å². The SMILES string of the molecule is COCCC(C)(O)CNc1cc(C(=O)O)c(Cl)cn1. The molecule has 3 N–H and O–H groups in total. The molecule has 1 aromatic heterocycles. The minimum Gasteiger partial charge on any atom is -0.478 e. The second-order valence-corrected chi connectivity index (χ2v) is 4.86. The number of nitrogens with zero attached hydrogens (tertiary/aromatic N) is 1. The van der Waals surface area contributed by atoms with Crippen molar-refractivity contribution in [3.8, 4) is 0 Å². The lowest BCUT2D eigenvalue weighted by Gasteiger charge is -2.23. The number of pyridine rings is 1. The van der Waals surface area contributed by atoms with Gasteiger partial charge in [0.1, 0.15) is 5.82 Å². The third kappa shape index (κ3) is 5.02. The van der Waals surface area contributed by atoms with Crippen LogP contribution in [-0.2, 0) is 4.74 Å². The van der Waals surface area contributed by atoms with Crippen LogP contribution in [0.25, 0.3) is 0 Å². The van der Waals surface area contributed by atoms with Crippen molar-refractivity contribution in [1.82, 2.24) is 4.98 Å². The molecule has 1 rings (SSSR count). The largest absolute Gasteiger partial charge is 0.478 e. The lowest BCUT2D eigenvalue weighted by Crippen LogP contribution is -2.34. The molecule has 0 aliphatic rings. The molecular weight excluding hydrogens is 272 g/mol. The van der Waals surface area contributed by atoms with Crippen LogP contribution in [0.5, 0.6) is 0 Å². The van der Waals surface area contributed by atoms with Crippen LogP contribution in [0.2, 0.25) is 5.02 Å². The summed E-state index contributed by atoms with van der Waals surface area (Å²) in [6.07, 6.45) is 1.72. The molecule has 0 saturated heterocycles. The van der Waals surface area contributed by atoms with Crippen LogP contribution in [0.1, 0.15) is 23.7 Å². The lowest BCUT2D eigenvalue weighted by atomic mass is 10.0. The predicted molar refractivity (Wildman–Crippen MR) is 71.8 cm³/mol. The number of aromatic carboxylic acids is 1. The molecule has 1 heterocycles. The van der Waals surface area contributed by atoms with Crippen LogP contribution in [0.15, 0.2) is 12.3 Å². The number of carboxylic acid groups (broad SMARTS) is 1. The number of anilines is 1. The zero-order chi connectivity index (χ0) is 14.5. The average molecular weight is 289 g/mol. The summed E-state index contributed by atoms with van der Waals surface area (Å²) in [5.74, 6) is -0.777. The van der Waals surface area contributed by atoms with Gasteiger partial charge in [-0.25, -0.2) is 9.78 Å². The van der Waals surface area contributed by atoms with Crippen LogP contribution in [-0.4, -0.2) is 47.0 Å². The molecule has 0 radical (unpaired) electrons. The molecule has 0 fully saturated rings. The smallest absolute Gasteiger partial charge is 0.337 e. The highest BCUT2D eigenvalue weighted by molar-refractivity contribution is 6.33. The standard InChI is InChI=1S/C12H17ClN2O4/c1-12(18,3-4-19-2)7-15-10-5-8(11(16)17)9(13)6-14-10/h5-6,18H,3-4,7H2,1-2H3,(H,14,15)(H,16,17). The fraction of sp³-hybridized carbons (Fsp3) is 0.500. The Balaban J connectivity index is 2.68. The van der Waals surface area contributed by atoms with Crippen molar-refractivity contribution in [2.24, 2.45) is 0 Å². The third-order valence-corrected chi connectivity index (χ3v) is 2.88. The Kier molecular flexibility index (Phi) is 5.53. The second-order valence-electron chi connectivity index (χ2n) is 4.45. The normalized spacial score (nSPS) is 13.9. The first-order valence-corrected chi connectivity index (χ1v) is 6.07. The van der Waals surface area contributed by atoms with E-state index >= 15 is 0 Å². The Labute approximate surface area is 116 Å². The van der Waals surface area contributed by atoms with Crippen LogP contribution < -0.4 is 5.32 Å². The number of aromatic nitrogens is 1. The molecule has 1 atom stereocenters. The predicted octanol–water partition coefficient (Wildman–Crippen LogP) is 1.63. The molecule has 0 aliphatic heterocycles. The van der Waals surface area contributed by atoms with Gasteiger partial charge < -0.3 is 20.3 Å². The lowest BCUT2D eigenvalue weighted by molar-refractivity contribution is 0.0357. The molecule has 0 saturated carbocycles. The Morgan fingerprint density at radius 1 is 1.63 bits per heavy atom. The fourth-order valence-corrected chi connectivity index (χ4v) is 1.57. The molecule has 0 aromatic carbocycles. The third-order valence-electron chi connectivity index (χ3n) is 2.58. The Hall–Kier alpha value is -1.37. The molecule has 0 bridgehead atoms. The van der Waals surface area contributed by atoms with Crippen molar-refractivity contribution < 1.29 is 19.7 Å². The molecule has 0 spiro atoms. The number of hydrogen-bond donors (Lipinski definition) is 3. The maximum absolute atomic E-state index is 10.9. The maximum Gasteiger partial charge on any atom is 0.337 e. The van der Waals surface area contributed by atoms with E-state index in [1.165, 1.54) is 12.3 Å². The van der Waals surface area contributed by atoms with Gasteiger partial charge in [0.25, 0.3) is 0 Å². The highest BCUT2D eigenvalue weighted by atomic mass is 35.5. The summed E-state index contributed by atoms with van der Waals surface area (Å²) < 4.78 is 4.90. The average Bonchev–Trinajstić information content (AvgIpc) is 2.35. The van der Waals surface area contributed by atoms with Gasteiger partial charge in [-0.3, -0.25) is 0 Å². The summed E-state index contributed by atoms with van der Waals surface area (Å²) in [6, 6.07) is 1.33. The van der Waals surface area contributed by atoms with E-state index in [0.29, 0.717) is 18.8 Å². The fourth-order valence-electron chi connectivity index (χ4n) is 1.39. The van der Waals surface area contributed by atoms with Gasteiger partial charge in [-0.15, -0.1) is 0 Å². The van der Waals surface area contributed by atoms with E-state index in [1.807, 2.05) is 0 Å². The zero-order valence-electron chi connectivity index (χ0n) is 10.8. The molecule has 0 aliphatic carbocycles. The van der Waals surface area contributed by atoms with Crippen LogP contribution in [0.4, 0.5) is 5.82 Å². The molecule has 0 amide bonds. The Morgan fingerprint density at radius 3 is 2.89 bits per heavy atom. The highest BCUT2D eigenvalue weighted by Crippen LogP contribution is 2.19. The van der Waals surface area contributed by atoms with E-state index in [1.54, 1.807) is 14.0 Å². The van der Waals surface area contributed by atoms with Crippen LogP contribution in [0.3, 0.4) is 0 Å². The first-order chi connectivity index (χ1) is 8.85. The minimum atomic E-state index is -1.12. The molecule has 19 heavy (non-hydrogen) atoms. The number of halogens is 1. The number of nitrogens with one attached hydrogen (secondary N) is 1. The van der Waals surface area contributed by atoms with Gasteiger partial charge in [-0.2, -0.15) is 0 Å². The van der Waals surface area contributed by atoms with Gasteiger partial charge in [-0.05, 0) is 13.0 Å². The van der Waals surface area contributed by atoms with Crippen molar-refractivity contribution in [2.45, 2.75) is 18.9 Å². The van der Waals surface area contributed by atoms with Gasteiger partial charge in [-0.1, -0.05) is 11.6 Å². The molecule has 1 unspecified atom stereocenters. The summed E-state index contributed by atoms with van der Waals surface area (Å²) in [7, 11) is 1.56. The monoisotopic (exact) mass is 288 g/mol. The van der Waals surface area contributed by atoms with Crippen LogP contribution >= 0.6 is 11.6 Å². The number of carbonyl (C=O) groups is 1. The first-order valence-electron chi connectivity index (χ1n) is 5.70. The second kappa shape index (κ2) is 6.70. The summed E-state index contributed by atoms with van der Waals surface area (Å²) >= 11 is 5.71. The number of ether oxygens (including phenoxy) is 1. The van der Waals surface area contributed by atoms with E-state index in [2.05, 4.69) is 10.3 Å². The van der Waals surface area contributed by atoms with Gasteiger partial charge in [0, 0.05) is 32.9 Å². The molecular formula is C12H17ClN2O4. The van der Waals surface area contributed by atoms with Crippen molar-refractivity contribution in [3.05, 3.63) is 22.8 Å². The number of aliphatic hydroxyl groups is 1. The van der Waals surface area contributed by atoms with Gasteiger partial charge in [0.2, 0.25) is 0 Å². The van der Waals surface area contributed by atoms with Crippen molar-refractivity contribution in [3.63, 3.8) is 0 Å². The van der Waals surface area contributed by atoms with E-state index in [9.17, 15) is 9.90 Å². The van der Waals surface area contributed by atoms with E-state index < -0.39 is 11.6 Å². The zero-order valence-corrected chi connectivity index (χ0v) is 11.6. The molecule has 7 heteroatoms. The number of carboxylic acids is 1. The van der Waals surface area contributed by atoms with E-state index in [4.69, 9.17) is 21.4 Å². The van der Waals surface area contributed by atoms with Crippen LogP contribution in [0, 0.1) is 0 Å². The molecule has 6 nitrogen and oxygen atoms in total. The highest BCUT2D eigenvalue weighted by Gasteiger charge is 2.20. The van der Waals surface area contributed by atoms with Gasteiger partial charge in [0.05, 0.1) is 16.2 Å². The quantitative estimate of drug-likeness (QED) is 0.706. The van der Waals surface area contributed by atoms with Crippen molar-refractivity contribution in [1.29, 1.82) is 0 Å². The molecule has 106 valence electrons. The maximum atomic E-state index is 10.9. The van der Waals surface area contributed by atoms with Gasteiger partial charge in [0.15, 0.2) is 0 Å². The number of rotatable bonds is 7. The first kappa shape index (κ1) is 15.7. The van der Waals surface area contributed by atoms with Gasteiger partial charge >= 0.3 is 5.97 Å². The minimum absolute atomic E-state index is 0.0318. The molecule has 1 aromatic rings. The summed E-state index contributed by atoms with van der Waals surface area (Å²) in [5.41, 5.74) is -1.00. The summed E-state index contributed by atoms with van der Waals surface area (Å²) in [6.45, 7) is 2.32. The Morgan fingerprint density at radius 2 is 2.32 bits per heavy atom. The summed E-state index contributed by atoms with van der Waals surface area (Å²) in [5, 5.41) is 21.9. The van der Waals surface area contributed by atoms with E-state index in [-0.39, 0.29) is 17.1 Å². The number of hydrogen-bond acceptors (Lipinski definition) is 5. The van der Waals surface area contributed by atoms with Crippen molar-refractivity contribution in [2.75, 3.05) is 25.6 Å². The topological polar surface area (TPSA) is 91.7 Å². The van der Waals surface area contributed by atoms with E-state index in [0.717, 1.165) is 0 Å². The number of methoxy groups -OCH3 is 1. The Bertz CT molecular complexity index is 451. The summed E-state index contributed by atoms with van der Waals surface area (Å²) in [4.78, 5) is 14.9.